The normalized spacial score (nSPS) is 33.1. The first-order chi connectivity index (χ1) is 31.6. The number of Topliss-reactive ketones (excluding diaryl/α,β-unsaturated/α-hetero) is 1. The number of fused-ring (bicyclic) bond motifs is 5. The van der Waals surface area contributed by atoms with E-state index in [4.69, 9.17) is 35.3 Å². The van der Waals surface area contributed by atoms with Gasteiger partial charge in [0.1, 0.15) is 46.5 Å². The minimum absolute atomic E-state index is 0.0292. The van der Waals surface area contributed by atoms with E-state index in [2.05, 4.69) is 5.32 Å². The van der Waals surface area contributed by atoms with Crippen LogP contribution in [0.5, 0.6) is 5.75 Å². The molecule has 1 saturated carbocycles. The van der Waals surface area contributed by atoms with Gasteiger partial charge >= 0.3 is 12.1 Å². The molecule has 0 aromatic heterocycles. The monoisotopic (exact) mass is 972 g/mol. The summed E-state index contributed by atoms with van der Waals surface area (Å²) in [5.41, 5.74) is -1.13. The van der Waals surface area contributed by atoms with Gasteiger partial charge in [0.05, 0.1) is 30.6 Å². The molecule has 17 nitrogen and oxygen atoms in total. The molecule has 6 unspecified atom stereocenters. The molecule has 67 heavy (non-hydrogen) atoms. The second kappa shape index (κ2) is 21.4. The number of aliphatic hydroxyl groups is 1. The Morgan fingerprint density at radius 1 is 1.09 bits per heavy atom. The van der Waals surface area contributed by atoms with Crippen LogP contribution in [0.15, 0.2) is 35.9 Å². The Bertz CT molecular complexity index is 2160. The number of carbonyl (C=O) groups excluding carboxylic acids is 7. The van der Waals surface area contributed by atoms with Gasteiger partial charge in [-0.25, -0.2) is 9.59 Å². The summed E-state index contributed by atoms with van der Waals surface area (Å²) in [5, 5.41) is 13.9. The largest absolute Gasteiger partial charge is 0.495 e. The molecule has 0 spiro atoms. The summed E-state index contributed by atoms with van der Waals surface area (Å²) in [4.78, 5) is 96.8. The van der Waals surface area contributed by atoms with Crippen LogP contribution in [0.2, 0.25) is 5.02 Å². The van der Waals surface area contributed by atoms with Crippen LogP contribution in [0.1, 0.15) is 91.5 Å². The second-order valence-corrected chi connectivity index (χ2v) is 20.6. The van der Waals surface area contributed by atoms with Crippen LogP contribution in [-0.2, 0) is 54.1 Å². The molecule has 2 N–H and O–H groups in total. The molecule has 19 heteroatoms. The maximum Gasteiger partial charge on any atom is 0.409 e. The van der Waals surface area contributed by atoms with E-state index in [1.165, 1.54) is 54.7 Å². The zero-order chi connectivity index (χ0) is 49.1. The standard InChI is InChI=1S/C48H65ClN4O13S/c1-26-11-10-12-37(63-9)48(61)24-35(64-46(60)50-48)27(2)43-47(5,66-43)38(23-40(56)52(7)33-20-31(19-26)21-34(62-8)42(33)49)65-45(59)28(3)51(6)39(55)17-18-67-36-22-41(57)53(44(36)58)25-30-13-15-32(16-14-30)29(4)54/h10-12,20-21,27-28,30,32,35-38,43,61H,13-19,22-25H2,1-9H3,(H,50,60)/b12-10+,26-11+/t27-,28+,30?,32?,35?,36?,37?,38+,43?,47?,48?/m1/s1. The number of carbonyl (C=O) groups is 7. The number of nitrogens with one attached hydrogen (secondary N) is 1. The van der Waals surface area contributed by atoms with Gasteiger partial charge in [-0.1, -0.05) is 42.3 Å². The summed E-state index contributed by atoms with van der Waals surface area (Å²) in [6.07, 6.45) is 3.60. The lowest BCUT2D eigenvalue weighted by atomic mass is 9.80. The number of hydrogen-bond donors (Lipinski definition) is 2. The highest BCUT2D eigenvalue weighted by Gasteiger charge is 2.64. The third-order valence-corrected chi connectivity index (χ3v) is 15.8. The summed E-state index contributed by atoms with van der Waals surface area (Å²) in [5.74, 6) is -1.84. The molecular formula is C48H65ClN4O13S. The number of likely N-dealkylation sites (N-methyl/N-ethyl adjacent to an activating group) is 1. The number of ketones is 1. The van der Waals surface area contributed by atoms with Crippen LogP contribution < -0.4 is 15.0 Å². The number of epoxide rings is 1. The molecule has 6 rings (SSSR count). The van der Waals surface area contributed by atoms with Crippen molar-refractivity contribution in [3.63, 3.8) is 0 Å². The first-order valence-corrected chi connectivity index (χ1v) is 24.3. The van der Waals surface area contributed by atoms with E-state index in [1.807, 2.05) is 13.0 Å². The number of imide groups is 1. The van der Waals surface area contributed by atoms with Gasteiger partial charge in [0.15, 0.2) is 5.72 Å². The molecule has 1 aromatic carbocycles. The summed E-state index contributed by atoms with van der Waals surface area (Å²) in [6, 6.07) is 2.43. The number of allylic oxidation sites excluding steroid dienone is 3. The van der Waals surface area contributed by atoms with Crippen molar-refractivity contribution in [3.8, 4) is 5.75 Å². The van der Waals surface area contributed by atoms with Crippen LogP contribution in [0.25, 0.3) is 0 Å². The number of amides is 5. The molecule has 1 aliphatic carbocycles. The minimum Gasteiger partial charge on any atom is -0.495 e. The van der Waals surface area contributed by atoms with Crippen molar-refractivity contribution in [1.82, 2.24) is 15.1 Å². The predicted molar refractivity (Wildman–Crippen MR) is 249 cm³/mol. The zero-order valence-electron chi connectivity index (χ0n) is 39.8. The maximum absolute atomic E-state index is 14.3. The van der Waals surface area contributed by atoms with Crippen molar-refractivity contribution in [2.45, 2.75) is 139 Å². The van der Waals surface area contributed by atoms with Crippen LogP contribution >= 0.6 is 23.4 Å². The molecular weight excluding hydrogens is 908 g/mol. The quantitative estimate of drug-likeness (QED) is 0.158. The molecule has 1 aromatic rings. The van der Waals surface area contributed by atoms with Crippen molar-refractivity contribution in [1.29, 1.82) is 0 Å². The Labute approximate surface area is 401 Å². The first kappa shape index (κ1) is 51.9. The van der Waals surface area contributed by atoms with Crippen molar-refractivity contribution in [2.75, 3.05) is 45.5 Å². The Morgan fingerprint density at radius 2 is 1.79 bits per heavy atom. The molecule has 9 atom stereocenters. The number of benzene rings is 1. The van der Waals surface area contributed by atoms with Gasteiger partial charge < -0.3 is 38.6 Å². The van der Waals surface area contributed by atoms with E-state index in [9.17, 15) is 38.7 Å². The number of ether oxygens (including phenoxy) is 5. The lowest BCUT2D eigenvalue weighted by Gasteiger charge is -2.42. The Hall–Kier alpha value is -4.49. The van der Waals surface area contributed by atoms with E-state index in [0.717, 1.165) is 36.8 Å². The molecule has 5 amide bonds. The Kier molecular flexibility index (Phi) is 16.6. The number of anilines is 1. The number of esters is 1. The molecule has 4 aliphatic heterocycles. The lowest BCUT2D eigenvalue weighted by molar-refractivity contribution is -0.162. The fourth-order valence-electron chi connectivity index (χ4n) is 9.67. The molecule has 4 bridgehead atoms. The SMILES string of the molecule is COc1cc2cc(c1Cl)N(C)C(=O)C[C@H](OC(=O)[C@H](C)N(C)C(=O)CCSC1CC(=O)N(CC3CCC(C(C)=O)CC3)C1=O)C1(C)OC1[C@H](C)C1CC(O)(NC(=O)O1)C(OC)/C=C/C=C(\C)C2. The van der Waals surface area contributed by atoms with Gasteiger partial charge in [0.2, 0.25) is 23.6 Å². The van der Waals surface area contributed by atoms with E-state index in [-0.39, 0.29) is 65.9 Å². The van der Waals surface area contributed by atoms with E-state index in [1.54, 1.807) is 52.1 Å². The highest BCUT2D eigenvalue weighted by molar-refractivity contribution is 8.00. The number of thioether (sulfide) groups is 1. The molecule has 4 heterocycles. The van der Waals surface area contributed by atoms with Gasteiger partial charge in [-0.05, 0) is 83.4 Å². The molecule has 3 saturated heterocycles. The number of halogens is 1. The third kappa shape index (κ3) is 11.7. The van der Waals surface area contributed by atoms with Crippen molar-refractivity contribution >= 4 is 70.5 Å². The summed E-state index contributed by atoms with van der Waals surface area (Å²) in [7, 11) is 5.91. The molecule has 368 valence electrons. The molecule has 5 aliphatic rings. The van der Waals surface area contributed by atoms with Crippen molar-refractivity contribution in [2.24, 2.45) is 17.8 Å². The van der Waals surface area contributed by atoms with Gasteiger partial charge in [-0.3, -0.25) is 34.2 Å². The number of likely N-dealkylation sites (tertiary alicyclic amines) is 1. The minimum atomic E-state index is -1.87. The first-order valence-electron chi connectivity index (χ1n) is 22.9. The molecule has 4 fully saturated rings. The average molecular weight is 974 g/mol. The third-order valence-electron chi connectivity index (χ3n) is 14.2. The fourth-order valence-corrected chi connectivity index (χ4v) is 11.1. The van der Waals surface area contributed by atoms with Crippen molar-refractivity contribution < 1.29 is 62.4 Å². The summed E-state index contributed by atoms with van der Waals surface area (Å²) < 4.78 is 29.4. The summed E-state index contributed by atoms with van der Waals surface area (Å²) >= 11 is 8.04. The number of hydrogen-bond acceptors (Lipinski definition) is 14. The van der Waals surface area contributed by atoms with Crippen LogP contribution in [0, 0.1) is 17.8 Å². The smallest absolute Gasteiger partial charge is 0.409 e. The lowest BCUT2D eigenvalue weighted by Crippen LogP contribution is -2.63. The van der Waals surface area contributed by atoms with Gasteiger partial charge in [0.25, 0.3) is 0 Å². The topological polar surface area (TPSA) is 211 Å². The van der Waals surface area contributed by atoms with Gasteiger partial charge in [0, 0.05) is 64.6 Å². The number of methoxy groups -OCH3 is 2. The van der Waals surface area contributed by atoms with Crippen molar-refractivity contribution in [3.05, 3.63) is 46.5 Å². The zero-order valence-corrected chi connectivity index (χ0v) is 41.4. The average Bonchev–Trinajstić information content (AvgIpc) is 3.91. The maximum atomic E-state index is 14.3. The van der Waals surface area contributed by atoms with Gasteiger partial charge in [-0.15, -0.1) is 11.8 Å². The Morgan fingerprint density at radius 3 is 2.45 bits per heavy atom. The fraction of sp³-hybridized carbons (Fsp3) is 0.646. The number of alkyl carbamates (subject to hydrolysis) is 1. The number of nitrogens with zero attached hydrogens (tertiary/aromatic N) is 3. The predicted octanol–water partition coefficient (Wildman–Crippen LogP) is 5.16. The van der Waals surface area contributed by atoms with Gasteiger partial charge in [-0.2, -0.15) is 0 Å². The summed E-state index contributed by atoms with van der Waals surface area (Å²) in [6.45, 7) is 8.82. The van der Waals surface area contributed by atoms with E-state index < -0.39 is 76.8 Å². The number of rotatable bonds is 12. The highest BCUT2D eigenvalue weighted by Crippen LogP contribution is 2.49. The van der Waals surface area contributed by atoms with E-state index >= 15 is 0 Å². The van der Waals surface area contributed by atoms with Crippen LogP contribution in [0.3, 0.4) is 0 Å². The Balaban J connectivity index is 1.16. The van der Waals surface area contributed by atoms with E-state index in [0.29, 0.717) is 24.4 Å². The molecule has 0 radical (unpaired) electrons. The second-order valence-electron chi connectivity index (χ2n) is 18.9. The highest BCUT2D eigenvalue weighted by atomic mass is 35.5. The van der Waals surface area contributed by atoms with Crippen LogP contribution in [0.4, 0.5) is 10.5 Å². The van der Waals surface area contributed by atoms with Crippen LogP contribution in [-0.4, -0.2) is 144 Å².